The quantitative estimate of drug-likeness (QED) is 0.851. The van der Waals surface area contributed by atoms with Crippen molar-refractivity contribution in [3.05, 3.63) is 29.3 Å². The summed E-state index contributed by atoms with van der Waals surface area (Å²) in [7, 11) is 0. The van der Waals surface area contributed by atoms with Crippen molar-refractivity contribution in [3.63, 3.8) is 0 Å². The first-order valence-corrected chi connectivity index (χ1v) is 7.90. The van der Waals surface area contributed by atoms with Gasteiger partial charge in [0.15, 0.2) is 6.61 Å². The zero-order chi connectivity index (χ0) is 16.8. The van der Waals surface area contributed by atoms with E-state index in [0.717, 1.165) is 5.56 Å². The molecule has 0 aromatic heterocycles. The average molecular weight is 320 g/mol. The number of aryl methyl sites for hydroxylation is 2. The van der Waals surface area contributed by atoms with E-state index in [-0.39, 0.29) is 18.6 Å². The fraction of sp³-hybridized carbons (Fsp3) is 0.529. The molecule has 23 heavy (non-hydrogen) atoms. The first kappa shape index (κ1) is 17.1. The van der Waals surface area contributed by atoms with Gasteiger partial charge in [-0.2, -0.15) is 0 Å². The molecule has 0 aliphatic carbocycles. The number of carbonyl (C=O) groups is 2. The lowest BCUT2D eigenvalue weighted by Crippen LogP contribution is -2.51. The third-order valence-corrected chi connectivity index (χ3v) is 4.00. The van der Waals surface area contributed by atoms with Crippen molar-refractivity contribution < 1.29 is 19.1 Å². The molecule has 2 amide bonds. The van der Waals surface area contributed by atoms with Crippen molar-refractivity contribution in [2.45, 2.75) is 20.8 Å². The standard InChI is InChI=1S/C17H24N2O4/c1-4-22-17(21)19-9-7-18(8-10-19)16(20)12-23-15-6-5-13(2)14(3)11-15/h5-6,11H,4,7-10,12H2,1-3H3. The van der Waals surface area contributed by atoms with Crippen LogP contribution in [0.4, 0.5) is 4.79 Å². The van der Waals surface area contributed by atoms with E-state index < -0.39 is 0 Å². The Hall–Kier alpha value is -2.24. The normalized spacial score (nSPS) is 14.6. The van der Waals surface area contributed by atoms with E-state index in [4.69, 9.17) is 9.47 Å². The minimum Gasteiger partial charge on any atom is -0.484 e. The molecule has 1 aromatic carbocycles. The highest BCUT2D eigenvalue weighted by Gasteiger charge is 2.24. The zero-order valence-corrected chi connectivity index (χ0v) is 14.0. The number of piperazine rings is 1. The minimum atomic E-state index is -0.314. The Morgan fingerprint density at radius 1 is 1.04 bits per heavy atom. The fourth-order valence-electron chi connectivity index (χ4n) is 2.39. The van der Waals surface area contributed by atoms with Gasteiger partial charge in [0.25, 0.3) is 5.91 Å². The van der Waals surface area contributed by atoms with Crippen LogP contribution in [0.2, 0.25) is 0 Å². The van der Waals surface area contributed by atoms with E-state index in [1.165, 1.54) is 5.56 Å². The van der Waals surface area contributed by atoms with Crippen LogP contribution in [0.15, 0.2) is 18.2 Å². The predicted molar refractivity (Wildman–Crippen MR) is 86.6 cm³/mol. The third-order valence-electron chi connectivity index (χ3n) is 4.00. The molecule has 0 spiro atoms. The number of rotatable bonds is 4. The second-order valence-corrected chi connectivity index (χ2v) is 5.60. The SMILES string of the molecule is CCOC(=O)N1CCN(C(=O)COc2ccc(C)c(C)c2)CC1. The Kier molecular flexibility index (Phi) is 5.84. The molecule has 0 atom stereocenters. The summed E-state index contributed by atoms with van der Waals surface area (Å²) in [6, 6.07) is 5.78. The lowest BCUT2D eigenvalue weighted by molar-refractivity contribution is -0.134. The number of amides is 2. The van der Waals surface area contributed by atoms with Gasteiger partial charge < -0.3 is 19.3 Å². The summed E-state index contributed by atoms with van der Waals surface area (Å²) < 4.78 is 10.5. The highest BCUT2D eigenvalue weighted by atomic mass is 16.6. The van der Waals surface area contributed by atoms with Crippen LogP contribution in [-0.4, -0.2) is 61.2 Å². The molecule has 126 valence electrons. The second kappa shape index (κ2) is 7.85. The van der Waals surface area contributed by atoms with Crippen LogP contribution in [0.3, 0.4) is 0 Å². The monoisotopic (exact) mass is 320 g/mol. The number of benzene rings is 1. The number of carbonyl (C=O) groups excluding carboxylic acids is 2. The van der Waals surface area contributed by atoms with E-state index in [0.29, 0.717) is 38.5 Å². The predicted octanol–water partition coefficient (Wildman–Crippen LogP) is 1.98. The highest BCUT2D eigenvalue weighted by molar-refractivity contribution is 5.78. The van der Waals surface area contributed by atoms with Crippen LogP contribution in [0.1, 0.15) is 18.1 Å². The van der Waals surface area contributed by atoms with Gasteiger partial charge in [-0.1, -0.05) is 6.07 Å². The van der Waals surface area contributed by atoms with Gasteiger partial charge in [0, 0.05) is 26.2 Å². The van der Waals surface area contributed by atoms with Crippen molar-refractivity contribution in [1.29, 1.82) is 0 Å². The summed E-state index contributed by atoms with van der Waals surface area (Å²) >= 11 is 0. The van der Waals surface area contributed by atoms with Gasteiger partial charge in [-0.25, -0.2) is 4.79 Å². The molecule has 1 fully saturated rings. The maximum Gasteiger partial charge on any atom is 0.409 e. The van der Waals surface area contributed by atoms with E-state index in [9.17, 15) is 9.59 Å². The van der Waals surface area contributed by atoms with Gasteiger partial charge in [-0.3, -0.25) is 4.79 Å². The molecule has 0 radical (unpaired) electrons. The van der Waals surface area contributed by atoms with Crippen molar-refractivity contribution in [3.8, 4) is 5.75 Å². The maximum absolute atomic E-state index is 12.2. The van der Waals surface area contributed by atoms with Crippen molar-refractivity contribution in [1.82, 2.24) is 9.80 Å². The van der Waals surface area contributed by atoms with Gasteiger partial charge in [0.05, 0.1) is 6.61 Å². The molecule has 0 bridgehead atoms. The van der Waals surface area contributed by atoms with Crippen LogP contribution in [0.5, 0.6) is 5.75 Å². The smallest absolute Gasteiger partial charge is 0.409 e. The summed E-state index contributed by atoms with van der Waals surface area (Å²) in [5, 5.41) is 0. The largest absolute Gasteiger partial charge is 0.484 e. The molecule has 0 N–H and O–H groups in total. The van der Waals surface area contributed by atoms with E-state index in [1.807, 2.05) is 32.0 Å². The average Bonchev–Trinajstić information content (AvgIpc) is 2.56. The first-order chi connectivity index (χ1) is 11.0. The second-order valence-electron chi connectivity index (χ2n) is 5.60. The van der Waals surface area contributed by atoms with Crippen LogP contribution in [0.25, 0.3) is 0 Å². The molecule has 1 aromatic rings. The third kappa shape index (κ3) is 4.61. The molecule has 0 unspecified atom stereocenters. The molecular weight excluding hydrogens is 296 g/mol. The number of ether oxygens (including phenoxy) is 2. The van der Waals surface area contributed by atoms with Crippen LogP contribution < -0.4 is 4.74 Å². The Labute approximate surface area is 137 Å². The van der Waals surface area contributed by atoms with E-state index in [1.54, 1.807) is 16.7 Å². The molecule has 1 saturated heterocycles. The molecule has 0 saturated carbocycles. The topological polar surface area (TPSA) is 59.1 Å². The van der Waals surface area contributed by atoms with Gasteiger partial charge in [-0.15, -0.1) is 0 Å². The van der Waals surface area contributed by atoms with Gasteiger partial charge in [0.1, 0.15) is 5.75 Å². The van der Waals surface area contributed by atoms with Gasteiger partial charge in [-0.05, 0) is 44.0 Å². The summed E-state index contributed by atoms with van der Waals surface area (Å²) in [5.41, 5.74) is 2.33. The van der Waals surface area contributed by atoms with Crippen LogP contribution in [-0.2, 0) is 9.53 Å². The Balaban J connectivity index is 1.79. The zero-order valence-electron chi connectivity index (χ0n) is 14.0. The van der Waals surface area contributed by atoms with Crippen LogP contribution >= 0.6 is 0 Å². The lowest BCUT2D eigenvalue weighted by Gasteiger charge is -2.33. The molecule has 2 rings (SSSR count). The molecule has 1 heterocycles. The maximum atomic E-state index is 12.2. The highest BCUT2D eigenvalue weighted by Crippen LogP contribution is 2.16. The summed E-state index contributed by atoms with van der Waals surface area (Å²) in [6.45, 7) is 8.21. The number of nitrogens with zero attached hydrogens (tertiary/aromatic N) is 2. The summed E-state index contributed by atoms with van der Waals surface area (Å²) in [6.07, 6.45) is -0.314. The molecule has 6 nitrogen and oxygen atoms in total. The Morgan fingerprint density at radius 2 is 1.70 bits per heavy atom. The Morgan fingerprint density at radius 3 is 2.30 bits per heavy atom. The Bertz CT molecular complexity index is 566. The molecule has 1 aliphatic heterocycles. The summed E-state index contributed by atoms with van der Waals surface area (Å²) in [5.74, 6) is 0.637. The van der Waals surface area contributed by atoms with Crippen LogP contribution in [0, 0.1) is 13.8 Å². The van der Waals surface area contributed by atoms with Crippen molar-refractivity contribution in [2.75, 3.05) is 39.4 Å². The van der Waals surface area contributed by atoms with E-state index in [2.05, 4.69) is 0 Å². The number of hydrogen-bond donors (Lipinski definition) is 0. The first-order valence-electron chi connectivity index (χ1n) is 7.90. The van der Waals surface area contributed by atoms with Gasteiger partial charge in [0.2, 0.25) is 0 Å². The molecule has 1 aliphatic rings. The summed E-state index contributed by atoms with van der Waals surface area (Å²) in [4.78, 5) is 27.2. The fourth-order valence-corrected chi connectivity index (χ4v) is 2.39. The molecular formula is C17H24N2O4. The lowest BCUT2D eigenvalue weighted by atomic mass is 10.1. The van der Waals surface area contributed by atoms with Crippen molar-refractivity contribution >= 4 is 12.0 Å². The van der Waals surface area contributed by atoms with Crippen molar-refractivity contribution in [2.24, 2.45) is 0 Å². The minimum absolute atomic E-state index is 0.0158. The van der Waals surface area contributed by atoms with E-state index >= 15 is 0 Å². The van der Waals surface area contributed by atoms with Gasteiger partial charge >= 0.3 is 6.09 Å². The number of hydrogen-bond acceptors (Lipinski definition) is 4. The molecule has 6 heteroatoms.